The number of rotatable bonds is 7. The van der Waals surface area contributed by atoms with Crippen molar-refractivity contribution in [3.8, 4) is 0 Å². The summed E-state index contributed by atoms with van der Waals surface area (Å²) in [6.45, 7) is 3.35. The molecule has 1 unspecified atom stereocenters. The van der Waals surface area contributed by atoms with Gasteiger partial charge >= 0.3 is 0 Å². The van der Waals surface area contributed by atoms with E-state index in [0.717, 1.165) is 18.2 Å². The molecule has 3 aromatic rings. The van der Waals surface area contributed by atoms with Gasteiger partial charge in [0.25, 0.3) is 5.56 Å². The molecular weight excluding hydrogens is 454 g/mol. The Bertz CT molecular complexity index is 1230. The van der Waals surface area contributed by atoms with Crippen LogP contribution in [0.3, 0.4) is 0 Å². The van der Waals surface area contributed by atoms with Gasteiger partial charge in [0.15, 0.2) is 0 Å². The number of hydrogen-bond donors (Lipinski definition) is 3. The molecule has 0 saturated carbocycles. The average Bonchev–Trinajstić information content (AvgIpc) is 2.78. The first kappa shape index (κ1) is 22.5. The zero-order valence-corrected chi connectivity index (χ0v) is 19.1. The van der Waals surface area contributed by atoms with Gasteiger partial charge in [-0.3, -0.25) is 9.10 Å². The van der Waals surface area contributed by atoms with E-state index in [1.165, 1.54) is 10.5 Å². The molecule has 1 aliphatic heterocycles. The van der Waals surface area contributed by atoms with Crippen molar-refractivity contribution in [2.45, 2.75) is 25.8 Å². The highest BCUT2D eigenvalue weighted by Gasteiger charge is 2.21. The van der Waals surface area contributed by atoms with E-state index in [1.807, 2.05) is 19.1 Å². The molecule has 3 heterocycles. The van der Waals surface area contributed by atoms with Crippen molar-refractivity contribution < 1.29 is 13.2 Å². The number of H-pyrrole nitrogens is 1. The smallest absolute Gasteiger partial charge is 0.253 e. The van der Waals surface area contributed by atoms with Gasteiger partial charge in [-0.2, -0.15) is 4.98 Å². The predicted octanol–water partition coefficient (Wildman–Crippen LogP) is 2.90. The van der Waals surface area contributed by atoms with E-state index in [0.29, 0.717) is 35.9 Å². The van der Waals surface area contributed by atoms with E-state index < -0.39 is 16.9 Å². The van der Waals surface area contributed by atoms with Crippen molar-refractivity contribution in [1.29, 1.82) is 0 Å². The van der Waals surface area contributed by atoms with Gasteiger partial charge in [0.05, 0.1) is 23.2 Å². The second kappa shape index (κ2) is 9.85. The summed E-state index contributed by atoms with van der Waals surface area (Å²) in [6.07, 6.45) is 3.31. The molecule has 0 spiro atoms. The zero-order valence-electron chi connectivity index (χ0n) is 17.5. The fourth-order valence-corrected chi connectivity index (χ4v) is 4.68. The number of nitrogens with one attached hydrogen (secondary N) is 2. The molecule has 0 bridgehead atoms. The van der Waals surface area contributed by atoms with Gasteiger partial charge in [-0.15, -0.1) is 0 Å². The molecule has 1 fully saturated rings. The second-order valence-corrected chi connectivity index (χ2v) is 9.13. The van der Waals surface area contributed by atoms with Gasteiger partial charge in [-0.05, 0) is 31.9 Å². The van der Waals surface area contributed by atoms with E-state index in [4.69, 9.17) is 16.3 Å². The molecular formula is C21H24ClN5O4S. The van der Waals surface area contributed by atoms with E-state index in [1.54, 1.807) is 18.2 Å². The Kier molecular flexibility index (Phi) is 6.92. The molecule has 2 atom stereocenters. The average molecular weight is 478 g/mol. The van der Waals surface area contributed by atoms with Crippen molar-refractivity contribution >= 4 is 45.2 Å². The summed E-state index contributed by atoms with van der Waals surface area (Å²) in [5.74, 6) is 0.614. The number of para-hydroxylation sites is 1. The number of hydrogen-bond acceptors (Lipinski definition) is 7. The Labute approximate surface area is 191 Å². The quantitative estimate of drug-likeness (QED) is 0.448. The van der Waals surface area contributed by atoms with Crippen LogP contribution >= 0.6 is 11.6 Å². The minimum Gasteiger partial charge on any atom is -0.381 e. The number of aromatic amines is 1. The molecule has 2 N–H and O–H groups in total. The predicted molar refractivity (Wildman–Crippen MR) is 125 cm³/mol. The summed E-state index contributed by atoms with van der Waals surface area (Å²) in [5.41, 5.74) is 0.790. The molecule has 170 valence electrons. The van der Waals surface area contributed by atoms with Crippen molar-refractivity contribution in [2.75, 3.05) is 29.4 Å². The molecule has 9 nitrogen and oxygen atoms in total. The molecule has 32 heavy (non-hydrogen) atoms. The fourth-order valence-electron chi connectivity index (χ4n) is 3.81. The van der Waals surface area contributed by atoms with Gasteiger partial charge in [-0.25, -0.2) is 13.4 Å². The number of halogens is 1. The van der Waals surface area contributed by atoms with Crippen molar-refractivity contribution in [1.82, 2.24) is 15.0 Å². The Morgan fingerprint density at radius 3 is 2.97 bits per heavy atom. The van der Waals surface area contributed by atoms with E-state index in [9.17, 15) is 13.2 Å². The van der Waals surface area contributed by atoms with Crippen LogP contribution in [0.2, 0.25) is 5.02 Å². The fraction of sp³-hybridized carbons (Fsp3) is 0.381. The number of ether oxygens (including phenoxy) is 1. The lowest BCUT2D eigenvalue weighted by molar-refractivity contribution is 0.0584. The highest BCUT2D eigenvalue weighted by atomic mass is 35.5. The van der Waals surface area contributed by atoms with Crippen LogP contribution in [0, 0.1) is 5.92 Å². The van der Waals surface area contributed by atoms with Crippen molar-refractivity contribution in [3.63, 3.8) is 0 Å². The third-order valence-corrected chi connectivity index (χ3v) is 6.54. The number of aromatic nitrogens is 3. The summed E-state index contributed by atoms with van der Waals surface area (Å²) in [5, 5.41) is 4.37. The maximum atomic E-state index is 12.6. The number of pyridine rings is 1. The standard InChI is InChI=1S/C21H24ClN5O4S/c1-13(16-10-15-5-2-6-17(22)19(15)26-20(16)28)24-21-23-8-7-18(25-21)27(32(29)30)11-14-4-3-9-31-12-14/h2,5-8,10,13-14,32H,3-4,9,11-12H2,1H3,(H,26,28)(H,23,24,25)/t13-,14?/m0/s1. The van der Waals surface area contributed by atoms with E-state index in [2.05, 4.69) is 20.3 Å². The highest BCUT2D eigenvalue weighted by molar-refractivity contribution is 7.74. The van der Waals surface area contributed by atoms with Crippen molar-refractivity contribution in [3.05, 3.63) is 57.5 Å². The summed E-state index contributed by atoms with van der Waals surface area (Å²) in [4.78, 5) is 24.0. The van der Waals surface area contributed by atoms with Gasteiger partial charge in [0.2, 0.25) is 16.8 Å². The Hall–Kier alpha value is -2.69. The molecule has 4 rings (SSSR count). The minimum atomic E-state index is -2.88. The van der Waals surface area contributed by atoms with Crippen molar-refractivity contribution in [2.24, 2.45) is 5.92 Å². The zero-order chi connectivity index (χ0) is 22.7. The molecule has 0 amide bonds. The maximum Gasteiger partial charge on any atom is 0.253 e. The Balaban J connectivity index is 1.56. The lowest BCUT2D eigenvalue weighted by atomic mass is 10.0. The van der Waals surface area contributed by atoms with Crippen LogP contribution in [0.25, 0.3) is 10.9 Å². The van der Waals surface area contributed by atoms with Gasteiger partial charge < -0.3 is 15.0 Å². The van der Waals surface area contributed by atoms with Crippen LogP contribution in [0.15, 0.2) is 41.3 Å². The Morgan fingerprint density at radius 2 is 2.22 bits per heavy atom. The first-order valence-corrected chi connectivity index (χ1v) is 11.8. The minimum absolute atomic E-state index is 0.116. The third kappa shape index (κ3) is 5.03. The number of anilines is 2. The molecule has 1 aromatic carbocycles. The normalized spacial score (nSPS) is 17.4. The molecule has 2 aromatic heterocycles. The number of benzene rings is 1. The summed E-state index contributed by atoms with van der Waals surface area (Å²) >= 11 is 6.17. The molecule has 0 aliphatic carbocycles. The molecule has 1 saturated heterocycles. The van der Waals surface area contributed by atoms with E-state index >= 15 is 0 Å². The van der Waals surface area contributed by atoms with Gasteiger partial charge in [0, 0.05) is 42.3 Å². The summed E-state index contributed by atoms with van der Waals surface area (Å²) < 4.78 is 30.5. The molecule has 0 radical (unpaired) electrons. The van der Waals surface area contributed by atoms with Gasteiger partial charge in [-0.1, -0.05) is 23.7 Å². The first-order chi connectivity index (χ1) is 15.4. The second-order valence-electron chi connectivity index (χ2n) is 7.77. The summed E-state index contributed by atoms with van der Waals surface area (Å²) in [7, 11) is -2.88. The SMILES string of the molecule is C[C@H](Nc1nccc(N(CC2CCCOC2)[SH](=O)=O)n1)c1cc2cccc(Cl)c2[nH]c1=O. The lowest BCUT2D eigenvalue weighted by Crippen LogP contribution is -2.33. The van der Waals surface area contributed by atoms with Crippen LogP contribution < -0.4 is 15.2 Å². The maximum absolute atomic E-state index is 12.6. The monoisotopic (exact) mass is 477 g/mol. The van der Waals surface area contributed by atoms with E-state index in [-0.39, 0.29) is 23.2 Å². The largest absolute Gasteiger partial charge is 0.381 e. The van der Waals surface area contributed by atoms with Gasteiger partial charge in [0.1, 0.15) is 5.82 Å². The number of thiol groups is 1. The summed E-state index contributed by atoms with van der Waals surface area (Å²) in [6, 6.07) is 8.28. The van der Waals surface area contributed by atoms with Crippen LogP contribution in [-0.4, -0.2) is 43.1 Å². The van der Waals surface area contributed by atoms with Crippen LogP contribution in [0.1, 0.15) is 31.4 Å². The topological polar surface area (TPSA) is 117 Å². The lowest BCUT2D eigenvalue weighted by Gasteiger charge is -2.26. The molecule has 11 heteroatoms. The highest BCUT2D eigenvalue weighted by Crippen LogP contribution is 2.24. The number of fused-ring (bicyclic) bond motifs is 1. The van der Waals surface area contributed by atoms with Crippen LogP contribution in [-0.2, 0) is 15.6 Å². The van der Waals surface area contributed by atoms with Crippen LogP contribution in [0.5, 0.6) is 0 Å². The molecule has 1 aliphatic rings. The number of nitrogens with zero attached hydrogens (tertiary/aromatic N) is 3. The Morgan fingerprint density at radius 1 is 1.38 bits per heavy atom. The van der Waals surface area contributed by atoms with Crippen LogP contribution in [0.4, 0.5) is 11.8 Å². The third-order valence-electron chi connectivity index (χ3n) is 5.46. The first-order valence-electron chi connectivity index (χ1n) is 10.3.